The average Bonchev–Trinajstić information content (AvgIpc) is 3.26. The van der Waals surface area contributed by atoms with Gasteiger partial charge in [-0.3, -0.25) is 4.98 Å². The van der Waals surface area contributed by atoms with Crippen molar-refractivity contribution in [1.82, 2.24) is 15.0 Å². The van der Waals surface area contributed by atoms with Crippen LogP contribution >= 0.6 is 0 Å². The summed E-state index contributed by atoms with van der Waals surface area (Å²) in [6.45, 7) is 4.62. The Balaban J connectivity index is 1.33. The second kappa shape index (κ2) is 8.94. The van der Waals surface area contributed by atoms with Crippen LogP contribution in [-0.2, 0) is 5.41 Å². The van der Waals surface area contributed by atoms with Crippen molar-refractivity contribution >= 4 is 21.7 Å². The van der Waals surface area contributed by atoms with Gasteiger partial charge in [0.25, 0.3) is 0 Å². The number of hydrogen-bond acceptors (Lipinski definition) is 3. The number of pyridine rings is 1. The standard InChI is InChI=1S/C38H27N3/c1-38(2)32-12-6-5-11-30(32)31-17-15-29(22-33(31)38)37-40-35(27-14-13-24-8-3-4-9-25(24)20-27)23-36(41-37)28-16-18-34-26(21-28)10-7-19-39-34/h3-23H,1-2H3. The highest BCUT2D eigenvalue weighted by molar-refractivity contribution is 5.89. The summed E-state index contributed by atoms with van der Waals surface area (Å²) in [5.41, 5.74) is 11.1. The zero-order chi connectivity index (χ0) is 27.6. The van der Waals surface area contributed by atoms with Crippen molar-refractivity contribution in [2.24, 2.45) is 0 Å². The molecule has 1 aliphatic carbocycles. The molecule has 0 aliphatic heterocycles. The molecule has 41 heavy (non-hydrogen) atoms. The molecule has 3 nitrogen and oxygen atoms in total. The van der Waals surface area contributed by atoms with Crippen LogP contribution < -0.4 is 0 Å². The molecule has 0 saturated heterocycles. The van der Waals surface area contributed by atoms with Crippen molar-refractivity contribution in [3.05, 3.63) is 139 Å². The largest absolute Gasteiger partial charge is 0.256 e. The van der Waals surface area contributed by atoms with E-state index >= 15 is 0 Å². The first-order valence-electron chi connectivity index (χ1n) is 14.0. The molecular formula is C38H27N3. The van der Waals surface area contributed by atoms with Crippen molar-refractivity contribution in [2.45, 2.75) is 19.3 Å². The van der Waals surface area contributed by atoms with Gasteiger partial charge in [-0.1, -0.05) is 98.8 Å². The van der Waals surface area contributed by atoms with Crippen LogP contribution in [0.15, 0.2) is 128 Å². The van der Waals surface area contributed by atoms with Gasteiger partial charge in [-0.05, 0) is 69.4 Å². The first-order chi connectivity index (χ1) is 20.0. The molecule has 0 saturated carbocycles. The minimum Gasteiger partial charge on any atom is -0.256 e. The molecule has 0 fully saturated rings. The molecule has 1 aliphatic rings. The second-order valence-corrected chi connectivity index (χ2v) is 11.4. The van der Waals surface area contributed by atoms with Crippen LogP contribution in [0.3, 0.4) is 0 Å². The summed E-state index contributed by atoms with van der Waals surface area (Å²) in [6.07, 6.45) is 1.83. The highest BCUT2D eigenvalue weighted by Crippen LogP contribution is 2.49. The fourth-order valence-corrected chi connectivity index (χ4v) is 6.30. The van der Waals surface area contributed by atoms with Gasteiger partial charge in [0, 0.05) is 33.7 Å². The molecule has 194 valence electrons. The number of nitrogens with zero attached hydrogens (tertiary/aromatic N) is 3. The van der Waals surface area contributed by atoms with E-state index in [9.17, 15) is 0 Å². The Morgan fingerprint density at radius 1 is 0.488 bits per heavy atom. The van der Waals surface area contributed by atoms with Crippen LogP contribution in [0.4, 0.5) is 0 Å². The van der Waals surface area contributed by atoms with Crippen molar-refractivity contribution in [3.63, 3.8) is 0 Å². The molecule has 0 spiro atoms. The number of benzene rings is 5. The molecule has 0 bridgehead atoms. The Morgan fingerprint density at radius 2 is 1.15 bits per heavy atom. The Morgan fingerprint density at radius 3 is 2.00 bits per heavy atom. The Kier molecular flexibility index (Phi) is 5.17. The van der Waals surface area contributed by atoms with Gasteiger partial charge in [-0.2, -0.15) is 0 Å². The smallest absolute Gasteiger partial charge is 0.160 e. The van der Waals surface area contributed by atoms with Gasteiger partial charge in [-0.15, -0.1) is 0 Å². The summed E-state index contributed by atoms with van der Waals surface area (Å²) >= 11 is 0. The van der Waals surface area contributed by atoms with Crippen LogP contribution in [0, 0.1) is 0 Å². The Labute approximate surface area is 239 Å². The molecule has 3 heteroatoms. The predicted molar refractivity (Wildman–Crippen MR) is 169 cm³/mol. The van der Waals surface area contributed by atoms with E-state index in [1.165, 1.54) is 33.0 Å². The Hall–Kier alpha value is -5.15. The normalized spacial score (nSPS) is 13.3. The lowest BCUT2D eigenvalue weighted by Crippen LogP contribution is -2.15. The lowest BCUT2D eigenvalue weighted by molar-refractivity contribution is 0.660. The summed E-state index contributed by atoms with van der Waals surface area (Å²) in [7, 11) is 0. The monoisotopic (exact) mass is 525 g/mol. The minimum absolute atomic E-state index is 0.0912. The van der Waals surface area contributed by atoms with E-state index in [1.54, 1.807) is 0 Å². The third-order valence-corrected chi connectivity index (χ3v) is 8.51. The maximum Gasteiger partial charge on any atom is 0.160 e. The fraction of sp³-hybridized carbons (Fsp3) is 0.0789. The lowest BCUT2D eigenvalue weighted by Gasteiger charge is -2.21. The molecule has 2 aromatic heterocycles. The zero-order valence-corrected chi connectivity index (χ0v) is 23.0. The molecule has 5 aromatic carbocycles. The van der Waals surface area contributed by atoms with E-state index < -0.39 is 0 Å². The van der Waals surface area contributed by atoms with E-state index in [0.29, 0.717) is 0 Å². The van der Waals surface area contributed by atoms with Crippen LogP contribution in [0.5, 0.6) is 0 Å². The third kappa shape index (κ3) is 3.85. The van der Waals surface area contributed by atoms with Crippen molar-refractivity contribution in [2.75, 3.05) is 0 Å². The van der Waals surface area contributed by atoms with E-state index in [-0.39, 0.29) is 5.41 Å². The number of rotatable bonds is 3. The lowest BCUT2D eigenvalue weighted by atomic mass is 9.82. The fourth-order valence-electron chi connectivity index (χ4n) is 6.30. The SMILES string of the molecule is CC1(C)c2ccccc2-c2ccc(-c3nc(-c4ccc5ccccc5c4)cc(-c4ccc5ncccc5c4)n3)cc21. The molecule has 7 aromatic rings. The molecule has 0 amide bonds. The van der Waals surface area contributed by atoms with Gasteiger partial charge in [0.1, 0.15) is 0 Å². The first-order valence-corrected chi connectivity index (χ1v) is 14.0. The average molecular weight is 526 g/mol. The summed E-state index contributed by atoms with van der Waals surface area (Å²) in [6, 6.07) is 43.0. The van der Waals surface area contributed by atoms with Gasteiger partial charge in [0.15, 0.2) is 5.82 Å². The maximum absolute atomic E-state index is 5.17. The molecular weight excluding hydrogens is 498 g/mol. The Bertz CT molecular complexity index is 2040. The van der Waals surface area contributed by atoms with Gasteiger partial charge in [0.2, 0.25) is 0 Å². The molecule has 0 N–H and O–H groups in total. The van der Waals surface area contributed by atoms with E-state index in [0.717, 1.165) is 44.8 Å². The summed E-state index contributed by atoms with van der Waals surface area (Å²) in [5.74, 6) is 0.728. The molecule has 0 atom stereocenters. The van der Waals surface area contributed by atoms with E-state index in [1.807, 2.05) is 12.3 Å². The third-order valence-electron chi connectivity index (χ3n) is 8.51. The first kappa shape index (κ1) is 23.7. The molecule has 8 rings (SSSR count). The quantitative estimate of drug-likeness (QED) is 0.231. The maximum atomic E-state index is 5.17. The van der Waals surface area contributed by atoms with Gasteiger partial charge < -0.3 is 0 Å². The van der Waals surface area contributed by atoms with Gasteiger partial charge >= 0.3 is 0 Å². The summed E-state index contributed by atoms with van der Waals surface area (Å²) in [4.78, 5) is 14.8. The summed E-state index contributed by atoms with van der Waals surface area (Å²) in [5, 5.41) is 3.50. The molecule has 0 radical (unpaired) electrons. The van der Waals surface area contributed by atoms with E-state index in [4.69, 9.17) is 9.97 Å². The van der Waals surface area contributed by atoms with Crippen molar-refractivity contribution in [3.8, 4) is 45.0 Å². The van der Waals surface area contributed by atoms with Crippen LogP contribution in [0.25, 0.3) is 66.7 Å². The number of hydrogen-bond donors (Lipinski definition) is 0. The highest BCUT2D eigenvalue weighted by Gasteiger charge is 2.35. The summed E-state index contributed by atoms with van der Waals surface area (Å²) < 4.78 is 0. The topological polar surface area (TPSA) is 38.7 Å². The second-order valence-electron chi connectivity index (χ2n) is 11.4. The van der Waals surface area contributed by atoms with Crippen molar-refractivity contribution < 1.29 is 0 Å². The zero-order valence-electron chi connectivity index (χ0n) is 23.0. The molecule has 2 heterocycles. The number of aromatic nitrogens is 3. The van der Waals surface area contributed by atoms with Crippen LogP contribution in [0.1, 0.15) is 25.0 Å². The molecule has 0 unspecified atom stereocenters. The minimum atomic E-state index is -0.0912. The van der Waals surface area contributed by atoms with Gasteiger partial charge in [-0.25, -0.2) is 9.97 Å². The van der Waals surface area contributed by atoms with Gasteiger partial charge in [0.05, 0.1) is 16.9 Å². The van der Waals surface area contributed by atoms with Crippen LogP contribution in [-0.4, -0.2) is 15.0 Å². The number of fused-ring (bicyclic) bond motifs is 5. The van der Waals surface area contributed by atoms with Crippen molar-refractivity contribution in [1.29, 1.82) is 0 Å². The highest BCUT2D eigenvalue weighted by atomic mass is 14.9. The van der Waals surface area contributed by atoms with E-state index in [2.05, 4.69) is 134 Å². The predicted octanol–water partition coefficient (Wildman–Crippen LogP) is 9.49. The van der Waals surface area contributed by atoms with Crippen LogP contribution in [0.2, 0.25) is 0 Å².